The van der Waals surface area contributed by atoms with Crippen molar-refractivity contribution in [3.8, 4) is 11.4 Å². The van der Waals surface area contributed by atoms with Gasteiger partial charge >= 0.3 is 0 Å². The Morgan fingerprint density at radius 1 is 1.06 bits per heavy atom. The highest BCUT2D eigenvalue weighted by Gasteiger charge is 2.19. The van der Waals surface area contributed by atoms with Gasteiger partial charge in [-0.15, -0.1) is 0 Å². The minimum absolute atomic E-state index is 0.0849. The lowest BCUT2D eigenvalue weighted by atomic mass is 9.98. The normalized spacial score (nSPS) is 13.5. The molecule has 0 fully saturated rings. The van der Waals surface area contributed by atoms with E-state index >= 15 is 0 Å². The minimum atomic E-state index is -0.0869. The number of carbonyl (C=O) groups is 2. The van der Waals surface area contributed by atoms with Gasteiger partial charge in [0.2, 0.25) is 5.91 Å². The van der Waals surface area contributed by atoms with E-state index in [1.807, 2.05) is 36.4 Å². The van der Waals surface area contributed by atoms with Crippen molar-refractivity contribution in [2.75, 3.05) is 6.54 Å². The van der Waals surface area contributed by atoms with Crippen LogP contribution in [0.15, 0.2) is 84.7 Å². The molecule has 3 aromatic rings. The second kappa shape index (κ2) is 8.75. The fourth-order valence-corrected chi connectivity index (χ4v) is 3.44. The van der Waals surface area contributed by atoms with Crippen molar-refractivity contribution >= 4 is 17.4 Å². The summed E-state index contributed by atoms with van der Waals surface area (Å²) in [6, 6.07) is 18.2. The molecule has 2 aromatic carbocycles. The van der Waals surface area contributed by atoms with Crippen LogP contribution in [0.5, 0.6) is 0 Å². The fourth-order valence-electron chi connectivity index (χ4n) is 3.44. The van der Waals surface area contributed by atoms with E-state index in [0.29, 0.717) is 52.4 Å². The molecule has 0 spiro atoms. The van der Waals surface area contributed by atoms with Gasteiger partial charge in [-0.1, -0.05) is 61.2 Å². The molecular formula is C25H22N4O2. The molecule has 0 saturated heterocycles. The van der Waals surface area contributed by atoms with Gasteiger partial charge < -0.3 is 10.6 Å². The number of nitrogens with zero attached hydrogens (tertiary/aromatic N) is 2. The SMILES string of the molecule is C=C(NC1=C(C)C(=O)NCC1)c1ccnc(-c2ccccc2C(=O)c2ccccc2)n1. The largest absolute Gasteiger partial charge is 0.357 e. The zero-order valence-electron chi connectivity index (χ0n) is 17.2. The highest BCUT2D eigenvalue weighted by Crippen LogP contribution is 2.24. The van der Waals surface area contributed by atoms with E-state index in [9.17, 15) is 9.59 Å². The first-order chi connectivity index (χ1) is 15.0. The van der Waals surface area contributed by atoms with Crippen molar-refractivity contribution < 1.29 is 9.59 Å². The predicted octanol–water partition coefficient (Wildman–Crippen LogP) is 3.73. The van der Waals surface area contributed by atoms with Crippen molar-refractivity contribution in [2.45, 2.75) is 13.3 Å². The lowest BCUT2D eigenvalue weighted by Crippen LogP contribution is -2.34. The van der Waals surface area contributed by atoms with E-state index in [1.54, 1.807) is 37.4 Å². The quantitative estimate of drug-likeness (QED) is 0.605. The van der Waals surface area contributed by atoms with Crippen LogP contribution < -0.4 is 10.6 Å². The first kappa shape index (κ1) is 20.2. The van der Waals surface area contributed by atoms with E-state index in [4.69, 9.17) is 0 Å². The van der Waals surface area contributed by atoms with Crippen LogP contribution in [0.1, 0.15) is 35.0 Å². The van der Waals surface area contributed by atoms with Crippen LogP contribution in [-0.4, -0.2) is 28.2 Å². The maximum Gasteiger partial charge on any atom is 0.248 e. The number of carbonyl (C=O) groups excluding carboxylic acids is 2. The minimum Gasteiger partial charge on any atom is -0.357 e. The third-order valence-corrected chi connectivity index (χ3v) is 5.17. The van der Waals surface area contributed by atoms with Crippen LogP contribution in [0, 0.1) is 0 Å². The Kier molecular flexibility index (Phi) is 5.71. The Labute approximate surface area is 180 Å². The maximum absolute atomic E-state index is 13.1. The van der Waals surface area contributed by atoms with Gasteiger partial charge in [0.1, 0.15) is 0 Å². The Morgan fingerprint density at radius 3 is 2.61 bits per heavy atom. The molecule has 6 heteroatoms. The monoisotopic (exact) mass is 410 g/mol. The number of nitrogens with one attached hydrogen (secondary N) is 2. The lowest BCUT2D eigenvalue weighted by molar-refractivity contribution is -0.117. The second-order valence-corrected chi connectivity index (χ2v) is 7.22. The van der Waals surface area contributed by atoms with E-state index in [2.05, 4.69) is 27.2 Å². The van der Waals surface area contributed by atoms with E-state index in [-0.39, 0.29) is 11.7 Å². The number of amides is 1. The maximum atomic E-state index is 13.1. The average Bonchev–Trinajstić information content (AvgIpc) is 2.82. The van der Waals surface area contributed by atoms with Gasteiger partial charge in [-0.2, -0.15) is 0 Å². The molecule has 6 nitrogen and oxygen atoms in total. The van der Waals surface area contributed by atoms with Gasteiger partial charge in [-0.3, -0.25) is 9.59 Å². The van der Waals surface area contributed by atoms with Crippen LogP contribution in [0.3, 0.4) is 0 Å². The van der Waals surface area contributed by atoms with Crippen molar-refractivity contribution in [1.82, 2.24) is 20.6 Å². The summed E-state index contributed by atoms with van der Waals surface area (Å²) in [6.45, 7) is 6.44. The third kappa shape index (κ3) is 4.28. The number of benzene rings is 2. The molecule has 2 heterocycles. The molecule has 1 aliphatic rings. The number of rotatable bonds is 6. The molecule has 1 aliphatic heterocycles. The molecule has 4 rings (SSSR count). The molecule has 0 bridgehead atoms. The summed E-state index contributed by atoms with van der Waals surface area (Å²) in [5.74, 6) is 0.266. The van der Waals surface area contributed by atoms with Gasteiger partial charge in [0.25, 0.3) is 0 Å². The highest BCUT2D eigenvalue weighted by atomic mass is 16.1. The van der Waals surface area contributed by atoms with Crippen LogP contribution in [0.2, 0.25) is 0 Å². The topological polar surface area (TPSA) is 84.0 Å². The van der Waals surface area contributed by atoms with Gasteiger partial charge in [-0.05, 0) is 13.0 Å². The van der Waals surface area contributed by atoms with Crippen molar-refractivity contribution in [2.24, 2.45) is 0 Å². The third-order valence-electron chi connectivity index (χ3n) is 5.17. The Morgan fingerprint density at radius 2 is 1.81 bits per heavy atom. The van der Waals surface area contributed by atoms with Crippen LogP contribution in [0.4, 0.5) is 0 Å². The van der Waals surface area contributed by atoms with Crippen LogP contribution >= 0.6 is 0 Å². The summed E-state index contributed by atoms with van der Waals surface area (Å²) >= 11 is 0. The summed E-state index contributed by atoms with van der Waals surface area (Å²) in [5.41, 5.74) is 4.42. The average molecular weight is 410 g/mol. The van der Waals surface area contributed by atoms with Gasteiger partial charge in [0, 0.05) is 47.1 Å². The van der Waals surface area contributed by atoms with Crippen molar-refractivity contribution in [3.05, 3.63) is 102 Å². The molecular weight excluding hydrogens is 388 g/mol. The molecule has 1 amide bonds. The summed E-state index contributed by atoms with van der Waals surface area (Å²) < 4.78 is 0. The lowest BCUT2D eigenvalue weighted by Gasteiger charge is -2.20. The van der Waals surface area contributed by atoms with E-state index in [1.165, 1.54) is 0 Å². The van der Waals surface area contributed by atoms with Gasteiger partial charge in [-0.25, -0.2) is 9.97 Å². The van der Waals surface area contributed by atoms with Crippen LogP contribution in [0.25, 0.3) is 17.1 Å². The summed E-state index contributed by atoms with van der Waals surface area (Å²) in [5, 5.41) is 6.04. The first-order valence-corrected chi connectivity index (χ1v) is 10.0. The molecule has 0 radical (unpaired) electrons. The number of hydrogen-bond donors (Lipinski definition) is 2. The molecule has 0 saturated carbocycles. The van der Waals surface area contributed by atoms with Gasteiger partial charge in [0.15, 0.2) is 11.6 Å². The Bertz CT molecular complexity index is 1200. The van der Waals surface area contributed by atoms with Crippen molar-refractivity contribution in [3.63, 3.8) is 0 Å². The van der Waals surface area contributed by atoms with Crippen LogP contribution in [-0.2, 0) is 4.79 Å². The molecule has 154 valence electrons. The Balaban J connectivity index is 1.65. The van der Waals surface area contributed by atoms with E-state index in [0.717, 1.165) is 5.70 Å². The standard InChI is InChI=1S/C25H22N4O2/c1-16-21(12-15-27-25(16)31)28-17(2)22-13-14-26-24(29-22)20-11-7-6-10-19(20)23(30)18-8-4-3-5-9-18/h3-11,13-14,28H,2,12,15H2,1H3,(H,27,31). The van der Waals surface area contributed by atoms with Gasteiger partial charge in [0.05, 0.1) is 11.4 Å². The van der Waals surface area contributed by atoms with E-state index < -0.39 is 0 Å². The summed E-state index contributed by atoms with van der Waals surface area (Å²) in [7, 11) is 0. The molecule has 0 unspecified atom stereocenters. The number of ketones is 1. The molecule has 31 heavy (non-hydrogen) atoms. The predicted molar refractivity (Wildman–Crippen MR) is 120 cm³/mol. The smallest absolute Gasteiger partial charge is 0.248 e. The summed E-state index contributed by atoms with van der Waals surface area (Å²) in [4.78, 5) is 34.0. The number of aromatic nitrogens is 2. The Hall–Kier alpha value is -4.06. The second-order valence-electron chi connectivity index (χ2n) is 7.22. The molecule has 0 atom stereocenters. The first-order valence-electron chi connectivity index (χ1n) is 10.0. The highest BCUT2D eigenvalue weighted by molar-refractivity contribution is 6.12. The number of hydrogen-bond acceptors (Lipinski definition) is 5. The van der Waals surface area contributed by atoms with Crippen molar-refractivity contribution in [1.29, 1.82) is 0 Å². The molecule has 0 aliphatic carbocycles. The zero-order valence-corrected chi connectivity index (χ0v) is 17.2. The zero-order chi connectivity index (χ0) is 21.8. The fraction of sp³-hybridized carbons (Fsp3) is 0.120. The summed E-state index contributed by atoms with van der Waals surface area (Å²) in [6.07, 6.45) is 2.34. The molecule has 1 aromatic heterocycles. The molecule has 2 N–H and O–H groups in total.